The molecule has 1 aromatic heterocycles. The maximum absolute atomic E-state index is 12.4. The largest absolute Gasteiger partial charge is 0.297 e. The molecule has 4 rings (SSSR count). The second-order valence-electron chi connectivity index (χ2n) is 6.13. The Kier molecular flexibility index (Phi) is 4.96. The molecule has 28 heavy (non-hydrogen) atoms. The number of carbonyl (C=O) groups is 1. The molecule has 0 aliphatic carbocycles. The van der Waals surface area contributed by atoms with E-state index in [-0.39, 0.29) is 5.57 Å². The first-order chi connectivity index (χ1) is 13.7. The van der Waals surface area contributed by atoms with E-state index in [1.165, 1.54) is 16.7 Å². The number of nitrogens with zero attached hydrogens (tertiary/aromatic N) is 2. The van der Waals surface area contributed by atoms with Crippen molar-refractivity contribution < 1.29 is 4.79 Å². The highest BCUT2D eigenvalue weighted by atomic mass is 32.1. The highest BCUT2D eigenvalue weighted by molar-refractivity contribution is 7.14. The average Bonchev–Trinajstić information content (AvgIpc) is 3.20. The first-order valence-corrected chi connectivity index (χ1v) is 9.54. The van der Waals surface area contributed by atoms with Crippen LogP contribution in [0, 0.1) is 11.3 Å². The molecular weight excluding hydrogens is 366 g/mol. The molecule has 0 spiro atoms. The molecule has 0 atom stereocenters. The zero-order valence-electron chi connectivity index (χ0n) is 14.8. The smallest absolute Gasteiger partial charge is 0.268 e. The van der Waals surface area contributed by atoms with E-state index >= 15 is 0 Å². The standard InChI is InChI=1S/C23H15N3OS/c24-14-20(12-16-6-2-1-3-7-16)22(27)26-23-25-21(15-28-23)19-11-10-17-8-4-5-9-18(17)13-19/h1-13,15H,(H,25,26,27)/b20-12+. The van der Waals surface area contributed by atoms with Gasteiger partial charge in [-0.05, 0) is 28.5 Å². The summed E-state index contributed by atoms with van der Waals surface area (Å²) in [4.78, 5) is 16.9. The van der Waals surface area contributed by atoms with Gasteiger partial charge in [-0.3, -0.25) is 10.1 Å². The highest BCUT2D eigenvalue weighted by Crippen LogP contribution is 2.28. The van der Waals surface area contributed by atoms with E-state index in [2.05, 4.69) is 34.6 Å². The number of hydrogen-bond donors (Lipinski definition) is 1. The Morgan fingerprint density at radius 2 is 1.75 bits per heavy atom. The van der Waals surface area contributed by atoms with E-state index < -0.39 is 5.91 Å². The lowest BCUT2D eigenvalue weighted by atomic mass is 10.1. The summed E-state index contributed by atoms with van der Waals surface area (Å²) in [6.07, 6.45) is 1.56. The van der Waals surface area contributed by atoms with Crippen molar-refractivity contribution in [2.45, 2.75) is 0 Å². The van der Waals surface area contributed by atoms with Gasteiger partial charge in [0.2, 0.25) is 0 Å². The van der Waals surface area contributed by atoms with Gasteiger partial charge in [-0.15, -0.1) is 11.3 Å². The van der Waals surface area contributed by atoms with E-state index in [4.69, 9.17) is 0 Å². The van der Waals surface area contributed by atoms with E-state index in [9.17, 15) is 10.1 Å². The van der Waals surface area contributed by atoms with Crippen LogP contribution in [0.15, 0.2) is 83.7 Å². The fourth-order valence-electron chi connectivity index (χ4n) is 2.84. The van der Waals surface area contributed by atoms with Crippen LogP contribution < -0.4 is 5.32 Å². The summed E-state index contributed by atoms with van der Waals surface area (Å²) in [5.74, 6) is -0.467. The van der Waals surface area contributed by atoms with Crippen LogP contribution in [0.4, 0.5) is 5.13 Å². The summed E-state index contributed by atoms with van der Waals surface area (Å²) >= 11 is 1.33. The summed E-state index contributed by atoms with van der Waals surface area (Å²) in [6.45, 7) is 0. The number of nitriles is 1. The van der Waals surface area contributed by atoms with Crippen molar-refractivity contribution in [3.05, 3.63) is 89.3 Å². The summed E-state index contributed by atoms with van der Waals surface area (Å²) in [5.41, 5.74) is 2.60. The first-order valence-electron chi connectivity index (χ1n) is 8.66. The van der Waals surface area contributed by atoms with Crippen molar-refractivity contribution in [1.82, 2.24) is 4.98 Å². The maximum atomic E-state index is 12.4. The predicted octanol–water partition coefficient (Wildman–Crippen LogP) is 5.51. The summed E-state index contributed by atoms with van der Waals surface area (Å²) in [6, 6.07) is 25.5. The fraction of sp³-hybridized carbons (Fsp3) is 0. The first kappa shape index (κ1) is 17.7. The van der Waals surface area contributed by atoms with Crippen molar-refractivity contribution in [2.75, 3.05) is 5.32 Å². The van der Waals surface area contributed by atoms with Crippen molar-refractivity contribution >= 4 is 39.2 Å². The number of hydrogen-bond acceptors (Lipinski definition) is 4. The van der Waals surface area contributed by atoms with Gasteiger partial charge in [0.25, 0.3) is 5.91 Å². The molecule has 0 aliphatic rings. The molecule has 1 N–H and O–H groups in total. The summed E-state index contributed by atoms with van der Waals surface area (Å²) in [7, 11) is 0. The van der Waals surface area contributed by atoms with Crippen LogP contribution in [0.1, 0.15) is 5.56 Å². The molecule has 0 saturated carbocycles. The van der Waals surface area contributed by atoms with Crippen LogP contribution in [0.5, 0.6) is 0 Å². The zero-order chi connectivity index (χ0) is 19.3. The normalized spacial score (nSPS) is 11.2. The topological polar surface area (TPSA) is 65.8 Å². The average molecular weight is 381 g/mol. The van der Waals surface area contributed by atoms with E-state index in [0.717, 1.165) is 22.2 Å². The number of rotatable bonds is 4. The number of carbonyl (C=O) groups excluding carboxylic acids is 1. The Bertz CT molecular complexity index is 1220. The van der Waals surface area contributed by atoms with Gasteiger partial charge in [-0.2, -0.15) is 5.26 Å². The Labute approximate surface area is 166 Å². The van der Waals surface area contributed by atoms with Gasteiger partial charge in [0.15, 0.2) is 5.13 Å². The molecule has 0 aliphatic heterocycles. The Morgan fingerprint density at radius 3 is 2.54 bits per heavy atom. The van der Waals surface area contributed by atoms with E-state index in [1.54, 1.807) is 6.08 Å². The minimum absolute atomic E-state index is 0.0358. The van der Waals surface area contributed by atoms with Crippen LogP contribution in [0.25, 0.3) is 28.1 Å². The van der Waals surface area contributed by atoms with E-state index in [1.807, 2.05) is 60.0 Å². The Balaban J connectivity index is 1.54. The third-order valence-corrected chi connectivity index (χ3v) is 5.00. The molecule has 0 radical (unpaired) electrons. The molecule has 0 bridgehead atoms. The number of benzene rings is 3. The number of nitrogens with one attached hydrogen (secondary N) is 1. The molecule has 134 valence electrons. The van der Waals surface area contributed by atoms with Crippen molar-refractivity contribution in [1.29, 1.82) is 5.26 Å². The van der Waals surface area contributed by atoms with Crippen molar-refractivity contribution in [3.63, 3.8) is 0 Å². The molecular formula is C23H15N3OS. The molecule has 0 fully saturated rings. The molecule has 5 heteroatoms. The second-order valence-corrected chi connectivity index (χ2v) is 6.99. The van der Waals surface area contributed by atoms with E-state index in [0.29, 0.717) is 5.13 Å². The zero-order valence-corrected chi connectivity index (χ0v) is 15.6. The molecule has 0 unspecified atom stereocenters. The summed E-state index contributed by atoms with van der Waals surface area (Å²) in [5, 5.41) is 16.7. The van der Waals surface area contributed by atoms with Crippen LogP contribution in [-0.4, -0.2) is 10.9 Å². The van der Waals surface area contributed by atoms with Crippen LogP contribution in [0.2, 0.25) is 0 Å². The van der Waals surface area contributed by atoms with Crippen molar-refractivity contribution in [2.24, 2.45) is 0 Å². The second kappa shape index (κ2) is 7.87. The van der Waals surface area contributed by atoms with Gasteiger partial charge in [0.05, 0.1) is 5.69 Å². The molecule has 4 aromatic rings. The van der Waals surface area contributed by atoms with Gasteiger partial charge in [-0.25, -0.2) is 4.98 Å². The Morgan fingerprint density at radius 1 is 1.00 bits per heavy atom. The monoisotopic (exact) mass is 381 g/mol. The highest BCUT2D eigenvalue weighted by Gasteiger charge is 2.12. The van der Waals surface area contributed by atoms with Gasteiger partial charge < -0.3 is 0 Å². The summed E-state index contributed by atoms with van der Waals surface area (Å²) < 4.78 is 0. The predicted molar refractivity (Wildman–Crippen MR) is 114 cm³/mol. The molecule has 0 saturated heterocycles. The Hall–Kier alpha value is -3.75. The van der Waals surface area contributed by atoms with Gasteiger partial charge >= 0.3 is 0 Å². The number of anilines is 1. The minimum atomic E-state index is -0.467. The molecule has 4 nitrogen and oxygen atoms in total. The SMILES string of the molecule is N#C/C(=C\c1ccccc1)C(=O)Nc1nc(-c2ccc3ccccc3c2)cs1. The number of fused-ring (bicyclic) bond motifs is 1. The fourth-order valence-corrected chi connectivity index (χ4v) is 3.56. The lowest BCUT2D eigenvalue weighted by molar-refractivity contribution is -0.112. The van der Waals surface area contributed by atoms with Gasteiger partial charge in [-0.1, -0.05) is 66.7 Å². The lowest BCUT2D eigenvalue weighted by Crippen LogP contribution is -2.13. The number of amides is 1. The lowest BCUT2D eigenvalue weighted by Gasteiger charge is -2.02. The molecule has 3 aromatic carbocycles. The molecule has 1 heterocycles. The third-order valence-electron chi connectivity index (χ3n) is 4.25. The third kappa shape index (κ3) is 3.83. The van der Waals surface area contributed by atoms with Crippen molar-refractivity contribution in [3.8, 4) is 17.3 Å². The maximum Gasteiger partial charge on any atom is 0.268 e. The van der Waals surface area contributed by atoms with Crippen LogP contribution in [-0.2, 0) is 4.79 Å². The van der Waals surface area contributed by atoms with Crippen LogP contribution in [0.3, 0.4) is 0 Å². The van der Waals surface area contributed by atoms with Crippen LogP contribution >= 0.6 is 11.3 Å². The number of aromatic nitrogens is 1. The van der Waals surface area contributed by atoms with Gasteiger partial charge in [0, 0.05) is 10.9 Å². The number of thiazole rings is 1. The quantitative estimate of drug-likeness (QED) is 0.374. The molecule has 1 amide bonds. The van der Waals surface area contributed by atoms with Gasteiger partial charge in [0.1, 0.15) is 11.6 Å². The minimum Gasteiger partial charge on any atom is -0.297 e.